The van der Waals surface area contributed by atoms with E-state index in [4.69, 9.17) is 16.3 Å². The molecule has 1 amide bonds. The Morgan fingerprint density at radius 2 is 1.88 bits per heavy atom. The molecule has 0 radical (unpaired) electrons. The minimum absolute atomic E-state index is 0.0412. The number of phenolic OH excluding ortho intramolecular Hbond substituents is 1. The molecule has 0 bridgehead atoms. The number of hydrogen-bond donors (Lipinski definition) is 2. The van der Waals surface area contributed by atoms with Crippen molar-refractivity contribution in [2.75, 3.05) is 12.0 Å². The van der Waals surface area contributed by atoms with Gasteiger partial charge in [-0.15, -0.1) is 0 Å². The second-order valence-electron chi connectivity index (χ2n) is 7.60. The maximum absolute atomic E-state index is 13.3. The van der Waals surface area contributed by atoms with Crippen LogP contribution < -0.4 is 9.64 Å². The molecule has 1 fully saturated rings. The van der Waals surface area contributed by atoms with Crippen LogP contribution in [0.15, 0.2) is 72.3 Å². The van der Waals surface area contributed by atoms with Gasteiger partial charge in [0.15, 0.2) is 5.13 Å². The lowest BCUT2D eigenvalue weighted by Gasteiger charge is -2.23. The Kier molecular flexibility index (Phi) is 5.47. The average molecular weight is 493 g/mol. The van der Waals surface area contributed by atoms with E-state index in [1.54, 1.807) is 54.6 Å². The number of amides is 1. The van der Waals surface area contributed by atoms with Crippen molar-refractivity contribution in [3.8, 4) is 11.5 Å². The largest absolute Gasteiger partial charge is 0.508 e. The van der Waals surface area contributed by atoms with Crippen molar-refractivity contribution in [3.05, 3.63) is 88.5 Å². The predicted molar refractivity (Wildman–Crippen MR) is 131 cm³/mol. The van der Waals surface area contributed by atoms with E-state index in [-0.39, 0.29) is 22.2 Å². The number of benzene rings is 3. The van der Waals surface area contributed by atoms with Crippen LogP contribution in [0, 0.1) is 0 Å². The van der Waals surface area contributed by atoms with Gasteiger partial charge in [-0.25, -0.2) is 4.98 Å². The number of aliphatic hydroxyl groups is 1. The Morgan fingerprint density at radius 3 is 2.65 bits per heavy atom. The molecule has 9 heteroatoms. The van der Waals surface area contributed by atoms with Crippen molar-refractivity contribution < 1.29 is 24.5 Å². The van der Waals surface area contributed by atoms with Crippen LogP contribution in [0.3, 0.4) is 0 Å². The molecule has 0 saturated carbocycles. The summed E-state index contributed by atoms with van der Waals surface area (Å²) in [5.74, 6) is -1.60. The van der Waals surface area contributed by atoms with Crippen LogP contribution >= 0.6 is 22.9 Å². The summed E-state index contributed by atoms with van der Waals surface area (Å²) in [7, 11) is 1.49. The van der Waals surface area contributed by atoms with Gasteiger partial charge in [0.2, 0.25) is 0 Å². The molecule has 1 saturated heterocycles. The monoisotopic (exact) mass is 492 g/mol. The van der Waals surface area contributed by atoms with Gasteiger partial charge in [-0.2, -0.15) is 0 Å². The number of aromatic nitrogens is 1. The van der Waals surface area contributed by atoms with Crippen molar-refractivity contribution in [2.45, 2.75) is 6.04 Å². The van der Waals surface area contributed by atoms with Crippen LogP contribution in [0.25, 0.3) is 16.0 Å². The van der Waals surface area contributed by atoms with Gasteiger partial charge in [-0.05, 0) is 48.0 Å². The Morgan fingerprint density at radius 1 is 1.09 bits per heavy atom. The standard InChI is InChI=1S/C25H17ClN2O5S/c1-33-17-7-3-5-14(11-17)22(30)20-21(13-4-2-6-16(29)10-13)28(24(32)23(20)31)25-27-18-9-8-15(26)12-19(18)34-25/h2-12,21,29-30H,1H3/b22-20+. The third kappa shape index (κ3) is 3.67. The molecular weight excluding hydrogens is 476 g/mol. The SMILES string of the molecule is COc1cccc(/C(O)=C2\C(=O)C(=O)N(c3nc4ccc(Cl)cc4s3)C2c2cccc(O)c2)c1. The summed E-state index contributed by atoms with van der Waals surface area (Å²) in [5, 5.41) is 22.1. The molecule has 1 aromatic heterocycles. The molecule has 2 N–H and O–H groups in total. The van der Waals surface area contributed by atoms with Gasteiger partial charge in [0, 0.05) is 10.6 Å². The summed E-state index contributed by atoms with van der Waals surface area (Å²) in [4.78, 5) is 32.3. The number of thiazole rings is 1. The van der Waals surface area contributed by atoms with Crippen LogP contribution in [0.1, 0.15) is 17.2 Å². The molecule has 0 spiro atoms. The zero-order chi connectivity index (χ0) is 24.0. The molecule has 5 rings (SSSR count). The smallest absolute Gasteiger partial charge is 0.301 e. The van der Waals surface area contributed by atoms with E-state index in [2.05, 4.69) is 4.98 Å². The first kappa shape index (κ1) is 21.9. The lowest BCUT2D eigenvalue weighted by atomic mass is 9.95. The van der Waals surface area contributed by atoms with Gasteiger partial charge in [0.25, 0.3) is 5.78 Å². The minimum atomic E-state index is -1.01. The zero-order valence-electron chi connectivity index (χ0n) is 17.7. The molecule has 1 aliphatic rings. The third-order valence-corrected chi connectivity index (χ3v) is 6.77. The molecular formula is C25H17ClN2O5S. The fraction of sp³-hybridized carbons (Fsp3) is 0.0800. The van der Waals surface area contributed by atoms with Gasteiger partial charge in [-0.1, -0.05) is 47.2 Å². The van der Waals surface area contributed by atoms with Gasteiger partial charge in [0.1, 0.15) is 17.3 Å². The first-order valence-electron chi connectivity index (χ1n) is 10.2. The summed E-state index contributed by atoms with van der Waals surface area (Å²) >= 11 is 7.31. The molecule has 3 aromatic carbocycles. The van der Waals surface area contributed by atoms with E-state index in [1.807, 2.05) is 0 Å². The Labute approximate surface area is 203 Å². The number of anilines is 1. The van der Waals surface area contributed by atoms with Crippen LogP contribution in [0.4, 0.5) is 5.13 Å². The summed E-state index contributed by atoms with van der Waals surface area (Å²) in [6.07, 6.45) is 0. The number of ether oxygens (including phenoxy) is 1. The van der Waals surface area contributed by atoms with E-state index < -0.39 is 17.7 Å². The Balaban J connectivity index is 1.74. The van der Waals surface area contributed by atoms with Crippen LogP contribution in [0.2, 0.25) is 5.02 Å². The number of Topliss-reactive ketones (excluding diaryl/α,β-unsaturated/α-hetero) is 1. The highest BCUT2D eigenvalue weighted by Gasteiger charge is 2.48. The summed E-state index contributed by atoms with van der Waals surface area (Å²) in [5.41, 5.74) is 1.27. The molecule has 2 heterocycles. The molecule has 34 heavy (non-hydrogen) atoms. The normalized spacial score (nSPS) is 17.5. The van der Waals surface area contributed by atoms with Crippen molar-refractivity contribution in [1.29, 1.82) is 0 Å². The number of aromatic hydroxyl groups is 1. The number of aliphatic hydroxyl groups excluding tert-OH is 1. The maximum Gasteiger partial charge on any atom is 0.301 e. The van der Waals surface area contributed by atoms with Gasteiger partial charge in [-0.3, -0.25) is 14.5 Å². The summed E-state index contributed by atoms with van der Waals surface area (Å²) in [6, 6.07) is 16.9. The van der Waals surface area contributed by atoms with Crippen molar-refractivity contribution in [2.24, 2.45) is 0 Å². The van der Waals surface area contributed by atoms with Gasteiger partial charge < -0.3 is 14.9 Å². The van der Waals surface area contributed by atoms with Crippen molar-refractivity contribution >= 4 is 55.7 Å². The molecule has 1 aliphatic heterocycles. The number of hydrogen-bond acceptors (Lipinski definition) is 7. The van der Waals surface area contributed by atoms with Gasteiger partial charge >= 0.3 is 5.91 Å². The van der Waals surface area contributed by atoms with Gasteiger partial charge in [0.05, 0.1) is 28.9 Å². The highest BCUT2D eigenvalue weighted by atomic mass is 35.5. The maximum atomic E-state index is 13.3. The fourth-order valence-corrected chi connectivity index (χ4v) is 5.22. The molecule has 170 valence electrons. The van der Waals surface area contributed by atoms with Crippen LogP contribution in [-0.4, -0.2) is 34.0 Å². The molecule has 4 aromatic rings. The lowest BCUT2D eigenvalue weighted by Crippen LogP contribution is -2.29. The number of halogens is 1. The number of nitrogens with zero attached hydrogens (tertiary/aromatic N) is 2. The number of rotatable bonds is 4. The third-order valence-electron chi connectivity index (χ3n) is 5.52. The Bertz CT molecular complexity index is 1500. The zero-order valence-corrected chi connectivity index (χ0v) is 19.3. The first-order valence-corrected chi connectivity index (χ1v) is 11.4. The van der Waals surface area contributed by atoms with E-state index in [1.165, 1.54) is 35.5 Å². The highest BCUT2D eigenvalue weighted by molar-refractivity contribution is 7.22. The Hall–Kier alpha value is -3.88. The number of carbonyl (C=O) groups excluding carboxylic acids is 2. The quantitative estimate of drug-likeness (QED) is 0.228. The number of methoxy groups -OCH3 is 1. The van der Waals surface area contributed by atoms with E-state index in [0.29, 0.717) is 27.4 Å². The number of ketones is 1. The van der Waals surface area contributed by atoms with Crippen LogP contribution in [0.5, 0.6) is 11.5 Å². The number of phenols is 1. The van der Waals surface area contributed by atoms with E-state index >= 15 is 0 Å². The second kappa shape index (κ2) is 8.48. The summed E-state index contributed by atoms with van der Waals surface area (Å²) in [6.45, 7) is 0. The number of fused-ring (bicyclic) bond motifs is 1. The topological polar surface area (TPSA) is 100.0 Å². The van der Waals surface area contributed by atoms with E-state index in [0.717, 1.165) is 4.70 Å². The molecule has 1 unspecified atom stereocenters. The second-order valence-corrected chi connectivity index (χ2v) is 9.05. The van der Waals surface area contributed by atoms with Crippen LogP contribution in [-0.2, 0) is 9.59 Å². The minimum Gasteiger partial charge on any atom is -0.508 e. The van der Waals surface area contributed by atoms with E-state index in [9.17, 15) is 19.8 Å². The fourth-order valence-electron chi connectivity index (χ4n) is 3.96. The molecule has 7 nitrogen and oxygen atoms in total. The summed E-state index contributed by atoms with van der Waals surface area (Å²) < 4.78 is 5.97. The predicted octanol–water partition coefficient (Wildman–Crippen LogP) is 5.29. The molecule has 0 aliphatic carbocycles. The lowest BCUT2D eigenvalue weighted by molar-refractivity contribution is -0.132. The van der Waals surface area contributed by atoms with Crippen molar-refractivity contribution in [1.82, 2.24) is 4.98 Å². The number of carbonyl (C=O) groups is 2. The molecule has 1 atom stereocenters. The highest BCUT2D eigenvalue weighted by Crippen LogP contribution is 2.45. The average Bonchev–Trinajstić information content (AvgIpc) is 3.36. The first-order chi connectivity index (χ1) is 16.4. The van der Waals surface area contributed by atoms with Crippen molar-refractivity contribution in [3.63, 3.8) is 0 Å².